The first-order chi connectivity index (χ1) is 16.1. The molecule has 4 aromatic rings. The van der Waals surface area contributed by atoms with Gasteiger partial charge in [-0.1, -0.05) is 36.4 Å². The molecule has 0 fully saturated rings. The fraction of sp³-hybridized carbons (Fsp3) is 0.160. The molecular formula is C25H25FN6O. The molecule has 0 radical (unpaired) electrons. The Kier molecular flexibility index (Phi) is 7.06. The van der Waals surface area contributed by atoms with Gasteiger partial charge in [-0.05, 0) is 41.8 Å². The lowest BCUT2D eigenvalue weighted by molar-refractivity contribution is -0.123. The van der Waals surface area contributed by atoms with E-state index in [1.807, 2.05) is 42.5 Å². The maximum atomic E-state index is 14.4. The summed E-state index contributed by atoms with van der Waals surface area (Å²) in [5.74, 6) is -0.319. The summed E-state index contributed by atoms with van der Waals surface area (Å²) in [5.41, 5.74) is 9.43. The number of carbonyl (C=O) groups excluding carboxylic acids is 1. The van der Waals surface area contributed by atoms with E-state index in [0.29, 0.717) is 24.2 Å². The Morgan fingerprint density at radius 1 is 1.03 bits per heavy atom. The van der Waals surface area contributed by atoms with Crippen LogP contribution in [0.15, 0.2) is 79.3 Å². The van der Waals surface area contributed by atoms with Gasteiger partial charge in [0.15, 0.2) is 5.95 Å². The second-order valence-electron chi connectivity index (χ2n) is 7.69. The molecule has 7 nitrogen and oxygen atoms in total. The number of carbonyl (C=O) groups is 1. The molecule has 2 aromatic carbocycles. The minimum absolute atomic E-state index is 0.0575. The third-order valence-corrected chi connectivity index (χ3v) is 5.28. The summed E-state index contributed by atoms with van der Waals surface area (Å²) in [5, 5.41) is 6.17. The van der Waals surface area contributed by atoms with E-state index < -0.39 is 11.9 Å². The molecule has 0 aliphatic heterocycles. The number of nitrogens with one attached hydrogen (secondary N) is 3. The molecule has 8 heteroatoms. The molecular weight excluding hydrogens is 419 g/mol. The number of nitrogen functional groups attached to an aromatic ring is 1. The van der Waals surface area contributed by atoms with Crippen molar-refractivity contribution in [1.82, 2.24) is 25.6 Å². The van der Waals surface area contributed by atoms with Crippen LogP contribution in [-0.2, 0) is 24.3 Å². The van der Waals surface area contributed by atoms with Crippen molar-refractivity contribution in [2.75, 3.05) is 5.73 Å². The van der Waals surface area contributed by atoms with Crippen molar-refractivity contribution >= 4 is 11.9 Å². The fourth-order valence-corrected chi connectivity index (χ4v) is 3.52. The van der Waals surface area contributed by atoms with E-state index in [-0.39, 0.29) is 18.4 Å². The second kappa shape index (κ2) is 10.5. The van der Waals surface area contributed by atoms with Crippen molar-refractivity contribution in [3.8, 4) is 11.3 Å². The zero-order valence-corrected chi connectivity index (χ0v) is 18.0. The average molecular weight is 445 g/mol. The first-order valence-corrected chi connectivity index (χ1v) is 10.6. The number of hydrogen-bond donors (Lipinski definition) is 4. The van der Waals surface area contributed by atoms with Crippen molar-refractivity contribution in [2.24, 2.45) is 0 Å². The topological polar surface area (TPSA) is 109 Å². The van der Waals surface area contributed by atoms with Gasteiger partial charge in [-0.2, -0.15) is 0 Å². The van der Waals surface area contributed by atoms with Crippen molar-refractivity contribution in [3.05, 3.63) is 102 Å². The van der Waals surface area contributed by atoms with Gasteiger partial charge in [-0.3, -0.25) is 9.78 Å². The first kappa shape index (κ1) is 22.2. The number of H-pyrrole nitrogens is 1. The fourth-order valence-electron chi connectivity index (χ4n) is 3.52. The number of hydrogen-bond acceptors (Lipinski definition) is 5. The highest BCUT2D eigenvalue weighted by Crippen LogP contribution is 2.21. The van der Waals surface area contributed by atoms with Crippen molar-refractivity contribution in [3.63, 3.8) is 0 Å². The number of anilines is 1. The molecule has 1 amide bonds. The number of amides is 1. The van der Waals surface area contributed by atoms with Crippen LogP contribution in [0.4, 0.5) is 10.3 Å². The summed E-state index contributed by atoms with van der Waals surface area (Å²) < 4.78 is 14.4. The Labute approximate surface area is 191 Å². The largest absolute Gasteiger partial charge is 0.369 e. The Morgan fingerprint density at radius 3 is 2.58 bits per heavy atom. The predicted molar refractivity (Wildman–Crippen MR) is 125 cm³/mol. The van der Waals surface area contributed by atoms with Gasteiger partial charge in [0, 0.05) is 36.6 Å². The van der Waals surface area contributed by atoms with Crippen LogP contribution in [0.25, 0.3) is 11.3 Å². The summed E-state index contributed by atoms with van der Waals surface area (Å²) >= 11 is 0. The van der Waals surface area contributed by atoms with Gasteiger partial charge in [0.1, 0.15) is 5.82 Å². The van der Waals surface area contributed by atoms with Crippen molar-refractivity contribution < 1.29 is 9.18 Å². The van der Waals surface area contributed by atoms with E-state index in [4.69, 9.17) is 5.73 Å². The van der Waals surface area contributed by atoms with Crippen LogP contribution >= 0.6 is 0 Å². The highest BCUT2D eigenvalue weighted by Gasteiger charge is 2.19. The van der Waals surface area contributed by atoms with Gasteiger partial charge in [0.25, 0.3) is 0 Å². The van der Waals surface area contributed by atoms with E-state index in [1.54, 1.807) is 30.7 Å². The van der Waals surface area contributed by atoms with Crippen molar-refractivity contribution in [1.29, 1.82) is 0 Å². The third kappa shape index (κ3) is 6.02. The van der Waals surface area contributed by atoms with Gasteiger partial charge < -0.3 is 21.4 Å². The minimum atomic E-state index is -0.494. The second-order valence-corrected chi connectivity index (χ2v) is 7.69. The molecule has 2 heterocycles. The molecule has 0 saturated carbocycles. The molecule has 0 spiro atoms. The van der Waals surface area contributed by atoms with E-state index in [1.165, 1.54) is 6.07 Å². The van der Waals surface area contributed by atoms with Crippen molar-refractivity contribution in [2.45, 2.75) is 25.6 Å². The Bertz CT molecular complexity index is 1200. The Morgan fingerprint density at radius 2 is 1.85 bits per heavy atom. The maximum absolute atomic E-state index is 14.4. The zero-order valence-electron chi connectivity index (χ0n) is 18.0. The van der Waals surface area contributed by atoms with Gasteiger partial charge in [-0.25, -0.2) is 9.37 Å². The van der Waals surface area contributed by atoms with Gasteiger partial charge >= 0.3 is 0 Å². The normalized spacial score (nSPS) is 11.8. The summed E-state index contributed by atoms with van der Waals surface area (Å²) in [4.78, 5) is 24.1. The summed E-state index contributed by atoms with van der Waals surface area (Å²) in [6, 6.07) is 17.8. The molecule has 0 aliphatic carbocycles. The highest BCUT2D eigenvalue weighted by atomic mass is 19.1. The monoisotopic (exact) mass is 444 g/mol. The molecule has 2 aromatic heterocycles. The molecule has 4 rings (SSSR count). The Balaban J connectivity index is 1.45. The van der Waals surface area contributed by atoms with Crippen LogP contribution in [0, 0.1) is 5.82 Å². The number of pyridine rings is 1. The molecule has 0 saturated heterocycles. The zero-order chi connectivity index (χ0) is 23.0. The molecule has 5 N–H and O–H groups in total. The lowest BCUT2D eigenvalue weighted by Crippen LogP contribution is -2.45. The molecule has 33 heavy (non-hydrogen) atoms. The number of nitrogens with two attached hydrogens (primary N) is 1. The number of aromatic nitrogens is 3. The molecule has 0 aliphatic rings. The van der Waals surface area contributed by atoms with Crippen LogP contribution in [0.3, 0.4) is 0 Å². The molecule has 0 bridgehead atoms. The SMILES string of the molecule is Nc1ncc(-c2ccc(F)c(CNC(=O)C(Cc3ccccc3)NCc3cccnc3)c2)[nH]1. The number of rotatable bonds is 9. The molecule has 1 atom stereocenters. The lowest BCUT2D eigenvalue weighted by atomic mass is 10.0. The smallest absolute Gasteiger partial charge is 0.237 e. The van der Waals surface area contributed by atoms with Gasteiger partial charge in [0.2, 0.25) is 5.91 Å². The highest BCUT2D eigenvalue weighted by molar-refractivity contribution is 5.82. The van der Waals surface area contributed by atoms with Crippen LogP contribution < -0.4 is 16.4 Å². The molecule has 168 valence electrons. The minimum Gasteiger partial charge on any atom is -0.369 e. The van der Waals surface area contributed by atoms with Crippen LogP contribution in [0.1, 0.15) is 16.7 Å². The van der Waals surface area contributed by atoms with Crippen LogP contribution in [0.2, 0.25) is 0 Å². The molecule has 1 unspecified atom stereocenters. The maximum Gasteiger partial charge on any atom is 0.237 e. The summed E-state index contributed by atoms with van der Waals surface area (Å²) in [6.07, 6.45) is 5.55. The number of nitrogens with zero attached hydrogens (tertiary/aromatic N) is 2. The number of aromatic amines is 1. The predicted octanol–water partition coefficient (Wildman–Crippen LogP) is 3.21. The Hall–Kier alpha value is -4.04. The summed E-state index contributed by atoms with van der Waals surface area (Å²) in [6.45, 7) is 0.547. The number of benzene rings is 2. The summed E-state index contributed by atoms with van der Waals surface area (Å²) in [7, 11) is 0. The first-order valence-electron chi connectivity index (χ1n) is 10.6. The van der Waals surface area contributed by atoms with Gasteiger partial charge in [-0.15, -0.1) is 0 Å². The van der Waals surface area contributed by atoms with E-state index >= 15 is 0 Å². The standard InChI is InChI=1S/C25H25FN6O/c26-21-9-8-19(23-16-31-25(27)32-23)12-20(21)15-30-24(33)22(11-17-5-2-1-3-6-17)29-14-18-7-4-10-28-13-18/h1-10,12-13,16,22,29H,11,14-15H2,(H,30,33)(H3,27,31,32). The lowest BCUT2D eigenvalue weighted by Gasteiger charge is -2.19. The quantitative estimate of drug-likeness (QED) is 0.317. The average Bonchev–Trinajstić information content (AvgIpc) is 3.28. The van der Waals surface area contributed by atoms with E-state index in [2.05, 4.69) is 25.6 Å². The third-order valence-electron chi connectivity index (χ3n) is 5.28. The van der Waals surface area contributed by atoms with Gasteiger partial charge in [0.05, 0.1) is 17.9 Å². The van der Waals surface area contributed by atoms with Crippen LogP contribution in [-0.4, -0.2) is 26.9 Å². The van der Waals surface area contributed by atoms with E-state index in [9.17, 15) is 9.18 Å². The van der Waals surface area contributed by atoms with Crippen LogP contribution in [0.5, 0.6) is 0 Å². The number of imidazole rings is 1. The number of halogens is 1. The van der Waals surface area contributed by atoms with E-state index in [0.717, 1.165) is 16.7 Å².